The van der Waals surface area contributed by atoms with E-state index in [1.165, 1.54) is 0 Å². The third-order valence-electron chi connectivity index (χ3n) is 7.05. The van der Waals surface area contributed by atoms with E-state index >= 15 is 0 Å². The molecule has 3 aromatic rings. The predicted molar refractivity (Wildman–Crippen MR) is 144 cm³/mol. The van der Waals surface area contributed by atoms with Crippen molar-refractivity contribution < 1.29 is 19.1 Å². The van der Waals surface area contributed by atoms with Crippen molar-refractivity contribution in [3.8, 4) is 17.0 Å². The summed E-state index contributed by atoms with van der Waals surface area (Å²) in [6.07, 6.45) is 1.87. The van der Waals surface area contributed by atoms with Crippen LogP contribution in [0.3, 0.4) is 0 Å². The van der Waals surface area contributed by atoms with Gasteiger partial charge in [0.05, 0.1) is 18.9 Å². The number of rotatable bonds is 8. The molecule has 0 N–H and O–H groups in total. The van der Waals surface area contributed by atoms with Crippen LogP contribution in [0.4, 0.5) is 5.82 Å². The monoisotopic (exact) mass is 515 g/mol. The normalized spacial score (nSPS) is 17.3. The summed E-state index contributed by atoms with van der Waals surface area (Å²) in [4.78, 5) is 32.1. The molecule has 0 bridgehead atoms. The number of benzene rings is 2. The Balaban J connectivity index is 1.18. The van der Waals surface area contributed by atoms with Crippen molar-refractivity contribution in [2.24, 2.45) is 0 Å². The van der Waals surface area contributed by atoms with E-state index in [1.54, 1.807) is 24.1 Å². The third kappa shape index (κ3) is 6.11. The molecule has 38 heavy (non-hydrogen) atoms. The Morgan fingerprint density at radius 2 is 1.82 bits per heavy atom. The Kier molecular flexibility index (Phi) is 8.13. The number of carbonyl (C=O) groups excluding carboxylic acids is 2. The molecule has 0 saturated carbocycles. The van der Waals surface area contributed by atoms with Crippen LogP contribution in [0.15, 0.2) is 66.7 Å². The molecular formula is C29H33N5O4. The first-order valence-corrected chi connectivity index (χ1v) is 13.1. The highest BCUT2D eigenvalue weighted by molar-refractivity contribution is 5.96. The largest absolute Gasteiger partial charge is 0.497 e. The fraction of sp³-hybridized carbons (Fsp3) is 0.379. The fourth-order valence-corrected chi connectivity index (χ4v) is 4.90. The van der Waals surface area contributed by atoms with Gasteiger partial charge in [0.25, 0.3) is 5.91 Å². The number of piperazine rings is 1. The predicted octanol–water partition coefficient (Wildman–Crippen LogP) is 3.12. The summed E-state index contributed by atoms with van der Waals surface area (Å²) in [7, 11) is 1.64. The number of nitrogens with zero attached hydrogens (tertiary/aromatic N) is 5. The number of amides is 2. The quantitative estimate of drug-likeness (QED) is 0.456. The summed E-state index contributed by atoms with van der Waals surface area (Å²) >= 11 is 0. The third-order valence-corrected chi connectivity index (χ3v) is 7.05. The maximum Gasteiger partial charge on any atom is 0.254 e. The number of carbonyl (C=O) groups is 2. The van der Waals surface area contributed by atoms with E-state index in [4.69, 9.17) is 9.47 Å². The molecule has 0 aliphatic carbocycles. The summed E-state index contributed by atoms with van der Waals surface area (Å²) in [5.74, 6) is 1.36. The fourth-order valence-electron chi connectivity index (χ4n) is 4.90. The second-order valence-corrected chi connectivity index (χ2v) is 9.56. The Bertz CT molecular complexity index is 1220. The van der Waals surface area contributed by atoms with Gasteiger partial charge in [-0.2, -0.15) is 0 Å². The highest BCUT2D eigenvalue weighted by atomic mass is 16.5. The Hall–Kier alpha value is -3.98. The zero-order valence-electron chi connectivity index (χ0n) is 21.7. The van der Waals surface area contributed by atoms with E-state index < -0.39 is 0 Å². The van der Waals surface area contributed by atoms with E-state index in [-0.39, 0.29) is 24.5 Å². The minimum absolute atomic E-state index is 0.0224. The van der Waals surface area contributed by atoms with Crippen molar-refractivity contribution in [2.45, 2.75) is 18.9 Å². The smallest absolute Gasteiger partial charge is 0.254 e. The Labute approximate surface area is 223 Å². The van der Waals surface area contributed by atoms with Crippen LogP contribution in [-0.4, -0.2) is 90.9 Å². The summed E-state index contributed by atoms with van der Waals surface area (Å²) in [6.45, 7) is 3.60. The van der Waals surface area contributed by atoms with E-state index in [0.29, 0.717) is 44.9 Å². The van der Waals surface area contributed by atoms with Crippen molar-refractivity contribution in [1.82, 2.24) is 20.0 Å². The lowest BCUT2D eigenvalue weighted by atomic mass is 10.1. The SMILES string of the molecule is COc1cccc(-c2ccc(N3CCN(C(=O)CN(C[C@@H]4CCCO4)C(=O)c4ccccc4)CC3)nn2)c1. The van der Waals surface area contributed by atoms with Gasteiger partial charge in [-0.15, -0.1) is 10.2 Å². The molecule has 0 spiro atoms. The van der Waals surface area contributed by atoms with Crippen LogP contribution in [0.25, 0.3) is 11.3 Å². The van der Waals surface area contributed by atoms with Crippen LogP contribution in [0, 0.1) is 0 Å². The van der Waals surface area contributed by atoms with Gasteiger partial charge in [0, 0.05) is 50.5 Å². The molecule has 2 fully saturated rings. The number of hydrogen-bond donors (Lipinski definition) is 0. The lowest BCUT2D eigenvalue weighted by Crippen LogP contribution is -2.52. The van der Waals surface area contributed by atoms with Gasteiger partial charge >= 0.3 is 0 Å². The summed E-state index contributed by atoms with van der Waals surface area (Å²) in [6, 6.07) is 20.8. The second kappa shape index (κ2) is 12.0. The summed E-state index contributed by atoms with van der Waals surface area (Å²) in [5, 5.41) is 8.84. The zero-order valence-corrected chi connectivity index (χ0v) is 21.7. The van der Waals surface area contributed by atoms with Crippen molar-refractivity contribution in [3.63, 3.8) is 0 Å². The lowest BCUT2D eigenvalue weighted by Gasteiger charge is -2.36. The standard InChI is InChI=1S/C29H33N5O4/c1-37-24-10-5-9-23(19-24)26-12-13-27(31-30-26)32-14-16-33(17-15-32)28(35)21-34(20-25-11-6-18-38-25)29(36)22-7-3-2-4-8-22/h2-5,7-10,12-13,19,25H,6,11,14-18,20-21H2,1H3/t25-/m0/s1. The molecular weight excluding hydrogens is 482 g/mol. The van der Waals surface area contributed by atoms with Crippen molar-refractivity contribution in [1.29, 1.82) is 0 Å². The molecule has 0 unspecified atom stereocenters. The maximum absolute atomic E-state index is 13.2. The van der Waals surface area contributed by atoms with Gasteiger partial charge in [0.15, 0.2) is 5.82 Å². The number of anilines is 1. The minimum Gasteiger partial charge on any atom is -0.497 e. The van der Waals surface area contributed by atoms with E-state index in [9.17, 15) is 9.59 Å². The van der Waals surface area contributed by atoms with E-state index in [0.717, 1.165) is 35.7 Å². The van der Waals surface area contributed by atoms with Crippen LogP contribution < -0.4 is 9.64 Å². The van der Waals surface area contributed by atoms with E-state index in [2.05, 4.69) is 15.1 Å². The maximum atomic E-state index is 13.2. The number of hydrogen-bond acceptors (Lipinski definition) is 7. The van der Waals surface area contributed by atoms with Gasteiger partial charge in [-0.05, 0) is 49.2 Å². The molecule has 9 heteroatoms. The number of aromatic nitrogens is 2. The molecule has 1 atom stereocenters. The number of ether oxygens (including phenoxy) is 2. The van der Waals surface area contributed by atoms with Crippen LogP contribution >= 0.6 is 0 Å². The van der Waals surface area contributed by atoms with Gasteiger partial charge in [0.1, 0.15) is 12.3 Å². The van der Waals surface area contributed by atoms with Crippen LogP contribution in [0.2, 0.25) is 0 Å². The first-order chi connectivity index (χ1) is 18.6. The first-order valence-electron chi connectivity index (χ1n) is 13.1. The van der Waals surface area contributed by atoms with Gasteiger partial charge in [-0.1, -0.05) is 30.3 Å². The molecule has 2 aromatic carbocycles. The van der Waals surface area contributed by atoms with Crippen LogP contribution in [0.1, 0.15) is 23.2 Å². The van der Waals surface area contributed by atoms with E-state index in [1.807, 2.05) is 59.5 Å². The molecule has 5 rings (SSSR count). The number of methoxy groups -OCH3 is 1. The summed E-state index contributed by atoms with van der Waals surface area (Å²) in [5.41, 5.74) is 2.30. The topological polar surface area (TPSA) is 88.1 Å². The molecule has 1 aromatic heterocycles. The molecule has 2 aliphatic rings. The molecule has 3 heterocycles. The highest BCUT2D eigenvalue weighted by Gasteiger charge is 2.28. The molecule has 0 radical (unpaired) electrons. The summed E-state index contributed by atoms with van der Waals surface area (Å²) < 4.78 is 11.1. The molecule has 198 valence electrons. The van der Waals surface area contributed by atoms with Crippen LogP contribution in [-0.2, 0) is 9.53 Å². The van der Waals surface area contributed by atoms with Gasteiger partial charge in [-0.3, -0.25) is 9.59 Å². The van der Waals surface area contributed by atoms with Crippen molar-refractivity contribution >= 4 is 17.6 Å². The van der Waals surface area contributed by atoms with Gasteiger partial charge in [-0.25, -0.2) is 0 Å². The Morgan fingerprint density at radius 1 is 1.00 bits per heavy atom. The Morgan fingerprint density at radius 3 is 2.50 bits per heavy atom. The first kappa shape index (κ1) is 25.7. The molecule has 2 amide bonds. The van der Waals surface area contributed by atoms with Crippen LogP contribution in [0.5, 0.6) is 5.75 Å². The van der Waals surface area contributed by atoms with Gasteiger partial charge in [0.2, 0.25) is 5.91 Å². The van der Waals surface area contributed by atoms with Gasteiger partial charge < -0.3 is 24.2 Å². The molecule has 2 aliphatic heterocycles. The highest BCUT2D eigenvalue weighted by Crippen LogP contribution is 2.23. The lowest BCUT2D eigenvalue weighted by molar-refractivity contribution is -0.132. The van der Waals surface area contributed by atoms with Crippen molar-refractivity contribution in [2.75, 3.05) is 57.9 Å². The average molecular weight is 516 g/mol. The minimum atomic E-state index is -0.139. The molecule has 9 nitrogen and oxygen atoms in total. The van der Waals surface area contributed by atoms with Crippen molar-refractivity contribution in [3.05, 3.63) is 72.3 Å². The average Bonchev–Trinajstić information content (AvgIpc) is 3.50. The second-order valence-electron chi connectivity index (χ2n) is 9.56. The zero-order chi connectivity index (χ0) is 26.3. The molecule has 2 saturated heterocycles.